The van der Waals surface area contributed by atoms with Gasteiger partial charge in [0.25, 0.3) is 0 Å². The van der Waals surface area contributed by atoms with E-state index < -0.39 is 0 Å². The SMILES string of the molecule is Clc1ccccc1SC1CCC(c2ccc(N3CCOCC3)cc2)(c2cccc(OC3CCCCC3)n2)NC1. The van der Waals surface area contributed by atoms with Gasteiger partial charge in [0, 0.05) is 41.5 Å². The molecule has 0 radical (unpaired) electrons. The van der Waals surface area contributed by atoms with Gasteiger partial charge in [-0.2, -0.15) is 0 Å². The second-order valence-corrected chi connectivity index (χ2v) is 12.6. The molecule has 2 atom stereocenters. The minimum Gasteiger partial charge on any atom is -0.474 e. The van der Waals surface area contributed by atoms with Crippen LogP contribution >= 0.6 is 23.4 Å². The Bertz CT molecular complexity index is 1220. The highest BCUT2D eigenvalue weighted by Gasteiger charge is 2.40. The molecule has 3 fully saturated rings. The molecule has 206 valence electrons. The molecule has 1 N–H and O–H groups in total. The van der Waals surface area contributed by atoms with Gasteiger partial charge in [-0.25, -0.2) is 4.98 Å². The van der Waals surface area contributed by atoms with Crippen molar-refractivity contribution in [2.24, 2.45) is 0 Å². The monoisotopic (exact) mass is 563 g/mol. The summed E-state index contributed by atoms with van der Waals surface area (Å²) in [5.74, 6) is 0.748. The fourth-order valence-electron chi connectivity index (χ4n) is 6.14. The van der Waals surface area contributed by atoms with Crippen molar-refractivity contribution < 1.29 is 9.47 Å². The highest BCUT2D eigenvalue weighted by atomic mass is 35.5. The average Bonchev–Trinajstić information content (AvgIpc) is 3.00. The molecule has 6 rings (SSSR count). The number of hydrogen-bond acceptors (Lipinski definition) is 6. The standard InChI is InChI=1S/C32H38ClN3O2S/c33-28-9-4-5-10-29(28)39-27-17-18-32(34-23-27,24-13-15-25(16-14-24)36-19-21-37-22-20-36)30-11-6-12-31(35-30)38-26-7-2-1-3-8-26/h4-6,9-16,26-27,34H,1-3,7-8,17-23H2. The molecule has 0 bridgehead atoms. The Kier molecular flexibility index (Phi) is 8.64. The molecule has 3 aliphatic rings. The van der Waals surface area contributed by atoms with Gasteiger partial charge in [-0.15, -0.1) is 11.8 Å². The summed E-state index contributed by atoms with van der Waals surface area (Å²) in [5, 5.41) is 5.23. The second-order valence-electron chi connectivity index (χ2n) is 10.9. The second kappa shape index (κ2) is 12.5. The lowest BCUT2D eigenvalue weighted by atomic mass is 9.79. The number of rotatable bonds is 7. The van der Waals surface area contributed by atoms with E-state index in [0.29, 0.717) is 5.25 Å². The molecule has 2 aliphatic heterocycles. The number of aromatic nitrogens is 1. The molecule has 2 aromatic carbocycles. The van der Waals surface area contributed by atoms with E-state index in [1.807, 2.05) is 30.0 Å². The lowest BCUT2D eigenvalue weighted by Gasteiger charge is -2.42. The normalized spacial score (nSPS) is 24.4. The first kappa shape index (κ1) is 26.9. The van der Waals surface area contributed by atoms with Crippen LogP contribution in [0.4, 0.5) is 5.69 Å². The van der Waals surface area contributed by atoms with Crippen molar-refractivity contribution in [3.8, 4) is 5.88 Å². The molecule has 2 saturated heterocycles. The summed E-state index contributed by atoms with van der Waals surface area (Å²) in [6, 6.07) is 23.5. The van der Waals surface area contributed by atoms with E-state index in [1.54, 1.807) is 0 Å². The van der Waals surface area contributed by atoms with Crippen molar-refractivity contribution in [2.75, 3.05) is 37.7 Å². The van der Waals surface area contributed by atoms with Gasteiger partial charge < -0.3 is 19.7 Å². The van der Waals surface area contributed by atoms with Gasteiger partial charge in [-0.3, -0.25) is 0 Å². The van der Waals surface area contributed by atoms with Crippen LogP contribution in [0.25, 0.3) is 0 Å². The van der Waals surface area contributed by atoms with E-state index in [1.165, 1.54) is 30.5 Å². The van der Waals surface area contributed by atoms with Crippen LogP contribution in [0.1, 0.15) is 56.2 Å². The van der Waals surface area contributed by atoms with Gasteiger partial charge in [0.15, 0.2) is 0 Å². The molecule has 1 aromatic heterocycles. The number of pyridine rings is 1. The smallest absolute Gasteiger partial charge is 0.213 e. The molecule has 0 spiro atoms. The summed E-state index contributed by atoms with van der Waals surface area (Å²) in [6.45, 7) is 4.32. The van der Waals surface area contributed by atoms with Gasteiger partial charge in [-0.1, -0.05) is 48.4 Å². The predicted octanol–water partition coefficient (Wildman–Crippen LogP) is 7.07. The summed E-state index contributed by atoms with van der Waals surface area (Å²) in [5.41, 5.74) is 3.18. The molecule has 1 saturated carbocycles. The number of ether oxygens (including phenoxy) is 2. The van der Waals surface area contributed by atoms with Crippen LogP contribution in [0.2, 0.25) is 5.02 Å². The van der Waals surface area contributed by atoms with Crippen molar-refractivity contribution in [3.05, 3.63) is 83.0 Å². The highest BCUT2D eigenvalue weighted by Crippen LogP contribution is 2.42. The lowest BCUT2D eigenvalue weighted by molar-refractivity contribution is 0.122. The molecule has 3 heterocycles. The van der Waals surface area contributed by atoms with E-state index in [-0.39, 0.29) is 11.6 Å². The number of halogens is 1. The van der Waals surface area contributed by atoms with Crippen molar-refractivity contribution in [2.45, 2.75) is 66.7 Å². The third-order valence-corrected chi connectivity index (χ3v) is 10.1. The molecule has 2 unspecified atom stereocenters. The molecule has 39 heavy (non-hydrogen) atoms. The summed E-state index contributed by atoms with van der Waals surface area (Å²) >= 11 is 8.36. The number of benzene rings is 2. The van der Waals surface area contributed by atoms with Gasteiger partial charge in [0.05, 0.1) is 29.5 Å². The van der Waals surface area contributed by atoms with Crippen molar-refractivity contribution >= 4 is 29.1 Å². The van der Waals surface area contributed by atoms with Gasteiger partial charge in [-0.05, 0) is 74.4 Å². The summed E-state index contributed by atoms with van der Waals surface area (Å²) in [4.78, 5) is 8.69. The number of thioether (sulfide) groups is 1. The third kappa shape index (κ3) is 6.25. The number of anilines is 1. The number of hydrogen-bond donors (Lipinski definition) is 1. The molecule has 7 heteroatoms. The first-order valence-electron chi connectivity index (χ1n) is 14.4. The number of nitrogens with zero attached hydrogens (tertiary/aromatic N) is 2. The van der Waals surface area contributed by atoms with Crippen LogP contribution in [-0.4, -0.2) is 49.2 Å². The Morgan fingerprint density at radius 3 is 2.46 bits per heavy atom. The van der Waals surface area contributed by atoms with E-state index in [9.17, 15) is 0 Å². The summed E-state index contributed by atoms with van der Waals surface area (Å²) < 4.78 is 12.0. The van der Waals surface area contributed by atoms with Crippen LogP contribution in [-0.2, 0) is 10.3 Å². The van der Waals surface area contributed by atoms with E-state index in [0.717, 1.165) is 80.0 Å². The number of nitrogens with one attached hydrogen (secondary N) is 1. The average molecular weight is 564 g/mol. The van der Waals surface area contributed by atoms with Crippen LogP contribution in [0, 0.1) is 0 Å². The molecule has 1 aliphatic carbocycles. The number of piperidine rings is 1. The third-order valence-electron chi connectivity index (χ3n) is 8.34. The Labute approximate surface area is 241 Å². The van der Waals surface area contributed by atoms with Crippen molar-refractivity contribution in [1.29, 1.82) is 0 Å². The molecule has 5 nitrogen and oxygen atoms in total. The van der Waals surface area contributed by atoms with Gasteiger partial charge in [0.2, 0.25) is 5.88 Å². The highest BCUT2D eigenvalue weighted by molar-refractivity contribution is 8.00. The zero-order valence-corrected chi connectivity index (χ0v) is 24.1. The van der Waals surface area contributed by atoms with Crippen LogP contribution < -0.4 is 15.0 Å². The van der Waals surface area contributed by atoms with E-state index in [4.69, 9.17) is 26.1 Å². The van der Waals surface area contributed by atoms with Crippen molar-refractivity contribution in [3.63, 3.8) is 0 Å². The largest absolute Gasteiger partial charge is 0.474 e. The van der Waals surface area contributed by atoms with Crippen LogP contribution in [0.15, 0.2) is 71.6 Å². The summed E-state index contributed by atoms with van der Waals surface area (Å²) in [6.07, 6.45) is 8.34. The minimum atomic E-state index is -0.368. The summed E-state index contributed by atoms with van der Waals surface area (Å²) in [7, 11) is 0. The van der Waals surface area contributed by atoms with Gasteiger partial charge in [0.1, 0.15) is 6.10 Å². The maximum absolute atomic E-state index is 6.49. The molecule has 3 aromatic rings. The molecular formula is C32H38ClN3O2S. The fraction of sp³-hybridized carbons (Fsp3) is 0.469. The first-order valence-corrected chi connectivity index (χ1v) is 15.7. The Morgan fingerprint density at radius 2 is 1.72 bits per heavy atom. The topological polar surface area (TPSA) is 46.6 Å². The Balaban J connectivity index is 1.26. The zero-order chi connectivity index (χ0) is 26.5. The van der Waals surface area contributed by atoms with Crippen LogP contribution in [0.5, 0.6) is 5.88 Å². The Hall–Kier alpha value is -2.25. The van der Waals surface area contributed by atoms with E-state index >= 15 is 0 Å². The predicted molar refractivity (Wildman–Crippen MR) is 160 cm³/mol. The molecule has 0 amide bonds. The Morgan fingerprint density at radius 1 is 0.923 bits per heavy atom. The maximum atomic E-state index is 6.49. The zero-order valence-electron chi connectivity index (χ0n) is 22.5. The molecular weight excluding hydrogens is 526 g/mol. The minimum absolute atomic E-state index is 0.279. The van der Waals surface area contributed by atoms with Gasteiger partial charge >= 0.3 is 0 Å². The quantitative estimate of drug-likeness (QED) is 0.332. The number of morpholine rings is 1. The fourth-order valence-corrected chi connectivity index (χ4v) is 7.51. The van der Waals surface area contributed by atoms with Crippen LogP contribution in [0.3, 0.4) is 0 Å². The maximum Gasteiger partial charge on any atom is 0.213 e. The lowest BCUT2D eigenvalue weighted by Crippen LogP contribution is -2.51. The van der Waals surface area contributed by atoms with E-state index in [2.05, 4.69) is 58.7 Å². The first-order chi connectivity index (χ1) is 19.2. The van der Waals surface area contributed by atoms with Crippen molar-refractivity contribution in [1.82, 2.24) is 10.3 Å².